The molecule has 2 atom stereocenters. The molecule has 0 bridgehead atoms. The van der Waals surface area contributed by atoms with Crippen LogP contribution < -0.4 is 5.32 Å². The van der Waals surface area contributed by atoms with E-state index in [-0.39, 0.29) is 5.91 Å². The minimum absolute atomic E-state index is 0.259. The minimum Gasteiger partial charge on any atom is -0.391 e. The van der Waals surface area contributed by atoms with Gasteiger partial charge in [-0.15, -0.1) is 0 Å². The van der Waals surface area contributed by atoms with Gasteiger partial charge in [-0.05, 0) is 38.5 Å². The van der Waals surface area contributed by atoms with Crippen molar-refractivity contribution in [3.63, 3.8) is 0 Å². The van der Waals surface area contributed by atoms with Crippen molar-refractivity contribution in [2.75, 3.05) is 5.75 Å². The average molecular weight is 712 g/mol. The number of aliphatic hydroxyl groups excluding tert-OH is 1. The highest BCUT2D eigenvalue weighted by atomic mass is 32.2. The van der Waals surface area contributed by atoms with Crippen LogP contribution >= 0.6 is 0 Å². The Labute approximate surface area is 304 Å². The van der Waals surface area contributed by atoms with E-state index >= 15 is 0 Å². The third-order valence-electron chi connectivity index (χ3n) is 9.64. The Hall–Kier alpha value is -1.18. The Balaban J connectivity index is 3.81. The Morgan fingerprint density at radius 2 is 0.959 bits per heavy atom. The van der Waals surface area contributed by atoms with Gasteiger partial charge in [0.25, 0.3) is 10.1 Å². The summed E-state index contributed by atoms with van der Waals surface area (Å²) in [5, 5.41) is 13.4. The molecule has 7 heteroatoms. The highest BCUT2D eigenvalue weighted by Crippen LogP contribution is 2.16. The van der Waals surface area contributed by atoms with Crippen LogP contribution in [0.4, 0.5) is 0 Å². The molecular formula is C42H81NO5S. The third-order valence-corrected chi connectivity index (χ3v) is 10.4. The molecule has 0 aliphatic carbocycles. The lowest BCUT2D eigenvalue weighted by Crippen LogP contribution is -2.47. The largest absolute Gasteiger partial charge is 0.391 e. The standard InChI is InChI=1S/C42H81NO5S/c1-3-5-7-9-11-13-15-17-18-19-20-21-22-23-24-26-27-29-31-33-35-37-41(44)40(39-49(46,47)48)43-42(45)38-36-34-32-30-28-25-16-14-12-10-8-6-4-2/h8,10,14,16,40-41,44H,3-7,9,11-13,15,17-39H2,1-2H3,(H,43,45)(H,46,47,48)/b10-8-,16-14-. The van der Waals surface area contributed by atoms with Gasteiger partial charge in [0.2, 0.25) is 5.91 Å². The zero-order valence-corrected chi connectivity index (χ0v) is 33.1. The number of amides is 1. The number of aliphatic hydroxyl groups is 1. The first-order chi connectivity index (χ1) is 23.8. The van der Waals surface area contributed by atoms with Crippen molar-refractivity contribution in [1.29, 1.82) is 0 Å². The van der Waals surface area contributed by atoms with Gasteiger partial charge in [-0.25, -0.2) is 0 Å². The van der Waals surface area contributed by atoms with Crippen molar-refractivity contribution >= 4 is 16.0 Å². The fourth-order valence-electron chi connectivity index (χ4n) is 6.49. The predicted octanol–water partition coefficient (Wildman–Crippen LogP) is 12.4. The van der Waals surface area contributed by atoms with Crippen LogP contribution in [0.25, 0.3) is 0 Å². The molecule has 0 aromatic carbocycles. The molecule has 0 heterocycles. The number of rotatable bonds is 38. The van der Waals surface area contributed by atoms with Gasteiger partial charge in [0.15, 0.2) is 0 Å². The molecule has 0 fully saturated rings. The van der Waals surface area contributed by atoms with Crippen LogP contribution in [0.1, 0.15) is 219 Å². The number of hydrogen-bond acceptors (Lipinski definition) is 4. The van der Waals surface area contributed by atoms with Gasteiger partial charge in [-0.2, -0.15) is 8.42 Å². The number of unbranched alkanes of at least 4 members (excludes halogenated alkanes) is 26. The zero-order valence-electron chi connectivity index (χ0n) is 32.3. The van der Waals surface area contributed by atoms with E-state index in [1.807, 2.05) is 0 Å². The van der Waals surface area contributed by atoms with E-state index in [0.717, 1.165) is 70.6 Å². The number of carbonyl (C=O) groups excluding carboxylic acids is 1. The molecule has 0 aliphatic heterocycles. The van der Waals surface area contributed by atoms with Gasteiger partial charge in [-0.3, -0.25) is 9.35 Å². The summed E-state index contributed by atoms with van der Waals surface area (Å²) in [7, 11) is -4.31. The Kier molecular flexibility index (Phi) is 35.7. The van der Waals surface area contributed by atoms with Crippen LogP contribution in [-0.2, 0) is 14.9 Å². The second-order valence-electron chi connectivity index (χ2n) is 14.6. The highest BCUT2D eigenvalue weighted by Gasteiger charge is 2.26. The molecule has 0 saturated carbocycles. The molecule has 290 valence electrons. The van der Waals surface area contributed by atoms with Crippen molar-refractivity contribution in [2.45, 2.75) is 231 Å². The van der Waals surface area contributed by atoms with Crippen molar-refractivity contribution in [3.05, 3.63) is 24.3 Å². The van der Waals surface area contributed by atoms with Crippen molar-refractivity contribution in [3.8, 4) is 0 Å². The van der Waals surface area contributed by atoms with Crippen molar-refractivity contribution < 1.29 is 22.9 Å². The fraction of sp³-hybridized carbons (Fsp3) is 0.881. The van der Waals surface area contributed by atoms with Crippen LogP contribution in [0, 0.1) is 0 Å². The molecule has 0 rings (SSSR count). The summed E-state index contributed by atoms with van der Waals surface area (Å²) < 4.78 is 32.5. The lowest BCUT2D eigenvalue weighted by Gasteiger charge is -2.23. The van der Waals surface area contributed by atoms with Gasteiger partial charge in [-0.1, -0.05) is 199 Å². The van der Waals surface area contributed by atoms with E-state index in [9.17, 15) is 22.9 Å². The van der Waals surface area contributed by atoms with Crippen LogP contribution in [0.3, 0.4) is 0 Å². The molecular weight excluding hydrogens is 631 g/mol. The van der Waals surface area contributed by atoms with Gasteiger partial charge < -0.3 is 10.4 Å². The maximum Gasteiger partial charge on any atom is 0.266 e. The molecule has 1 amide bonds. The Morgan fingerprint density at radius 3 is 1.41 bits per heavy atom. The quantitative estimate of drug-likeness (QED) is 0.0336. The van der Waals surface area contributed by atoms with Crippen LogP contribution in [0.2, 0.25) is 0 Å². The lowest BCUT2D eigenvalue weighted by atomic mass is 10.0. The van der Waals surface area contributed by atoms with E-state index < -0.39 is 28.0 Å². The second-order valence-corrected chi connectivity index (χ2v) is 16.1. The van der Waals surface area contributed by atoms with Crippen molar-refractivity contribution in [1.82, 2.24) is 5.32 Å². The SMILES string of the molecule is CCC/C=C\C/C=C\CCCCCCCC(=O)NC(CS(=O)(=O)O)C(O)CCCCCCCCCCCCCCCCCCCCCCC. The number of allylic oxidation sites excluding steroid dienone is 4. The van der Waals surface area contributed by atoms with Crippen LogP contribution in [0.5, 0.6) is 0 Å². The molecule has 0 radical (unpaired) electrons. The molecule has 0 aromatic rings. The van der Waals surface area contributed by atoms with Crippen LogP contribution in [-0.4, -0.2) is 41.9 Å². The minimum atomic E-state index is -4.31. The smallest absolute Gasteiger partial charge is 0.266 e. The Morgan fingerprint density at radius 1 is 0.551 bits per heavy atom. The van der Waals surface area contributed by atoms with E-state index in [2.05, 4.69) is 43.5 Å². The van der Waals surface area contributed by atoms with Gasteiger partial charge >= 0.3 is 0 Å². The topological polar surface area (TPSA) is 104 Å². The molecule has 0 spiro atoms. The summed E-state index contributed by atoms with van der Waals surface area (Å²) in [4.78, 5) is 12.5. The first-order valence-electron chi connectivity index (χ1n) is 21.0. The summed E-state index contributed by atoms with van der Waals surface area (Å²) in [6.45, 7) is 4.46. The second kappa shape index (κ2) is 36.6. The highest BCUT2D eigenvalue weighted by molar-refractivity contribution is 7.85. The predicted molar refractivity (Wildman–Crippen MR) is 212 cm³/mol. The maximum atomic E-state index is 12.5. The van der Waals surface area contributed by atoms with Crippen molar-refractivity contribution in [2.24, 2.45) is 0 Å². The summed E-state index contributed by atoms with van der Waals surface area (Å²) in [5.41, 5.74) is 0. The van der Waals surface area contributed by atoms with E-state index in [4.69, 9.17) is 0 Å². The monoisotopic (exact) mass is 712 g/mol. The molecule has 2 unspecified atom stereocenters. The summed E-state index contributed by atoms with van der Waals surface area (Å²) in [6, 6.07) is -0.976. The number of carbonyl (C=O) groups is 1. The van der Waals surface area contributed by atoms with Gasteiger partial charge in [0, 0.05) is 6.42 Å². The number of hydrogen-bond donors (Lipinski definition) is 3. The fourth-order valence-corrected chi connectivity index (χ4v) is 7.25. The summed E-state index contributed by atoms with van der Waals surface area (Å²) in [5.74, 6) is -0.910. The molecule has 6 nitrogen and oxygen atoms in total. The first kappa shape index (κ1) is 47.8. The third kappa shape index (κ3) is 37.9. The Bertz CT molecular complexity index is 872. The van der Waals surface area contributed by atoms with Gasteiger partial charge in [0.1, 0.15) is 0 Å². The normalized spacial score (nSPS) is 13.5. The first-order valence-corrected chi connectivity index (χ1v) is 22.6. The summed E-state index contributed by atoms with van der Waals surface area (Å²) >= 11 is 0. The molecule has 0 aliphatic rings. The lowest BCUT2D eigenvalue weighted by molar-refractivity contribution is -0.122. The summed E-state index contributed by atoms with van der Waals surface area (Å²) in [6.07, 6.45) is 45.6. The zero-order chi connectivity index (χ0) is 36.1. The molecule has 0 aromatic heterocycles. The molecule has 0 saturated heterocycles. The number of nitrogens with one attached hydrogen (secondary N) is 1. The van der Waals surface area contributed by atoms with E-state index in [1.165, 1.54) is 122 Å². The van der Waals surface area contributed by atoms with E-state index in [0.29, 0.717) is 12.8 Å². The molecule has 49 heavy (non-hydrogen) atoms. The average Bonchev–Trinajstić information content (AvgIpc) is 3.06. The molecule has 3 N–H and O–H groups in total. The van der Waals surface area contributed by atoms with E-state index in [1.54, 1.807) is 0 Å². The van der Waals surface area contributed by atoms with Gasteiger partial charge in [0.05, 0.1) is 17.9 Å². The van der Waals surface area contributed by atoms with Crippen LogP contribution in [0.15, 0.2) is 24.3 Å². The maximum absolute atomic E-state index is 12.5.